The number of H-pyrrole nitrogens is 1. The smallest absolute Gasteiger partial charge is 0.192 e. The van der Waals surface area contributed by atoms with E-state index >= 15 is 0 Å². The predicted octanol–water partition coefficient (Wildman–Crippen LogP) is 2.30. The molecular formula is C16H18N2O. The molecule has 1 aromatic carbocycles. The molecule has 0 radical (unpaired) electrons. The van der Waals surface area contributed by atoms with Gasteiger partial charge in [0.05, 0.1) is 12.2 Å². The normalized spacial score (nSPS) is 15.8. The van der Waals surface area contributed by atoms with Crippen LogP contribution >= 0.6 is 0 Å². The number of nitrogens with zero attached hydrogens (tertiary/aromatic N) is 1. The van der Waals surface area contributed by atoms with Crippen LogP contribution in [0.25, 0.3) is 0 Å². The zero-order valence-corrected chi connectivity index (χ0v) is 10.9. The molecule has 0 bridgehead atoms. The fourth-order valence-corrected chi connectivity index (χ4v) is 2.66. The number of aromatic amines is 1. The molecule has 1 aliphatic rings. The van der Waals surface area contributed by atoms with Crippen molar-refractivity contribution in [2.45, 2.75) is 12.8 Å². The molecule has 0 atom stereocenters. The molecule has 1 aliphatic heterocycles. The summed E-state index contributed by atoms with van der Waals surface area (Å²) in [6.45, 7) is 2.43. The van der Waals surface area contributed by atoms with Crippen LogP contribution in [0.1, 0.15) is 21.6 Å². The third-order valence-corrected chi connectivity index (χ3v) is 3.78. The lowest BCUT2D eigenvalue weighted by Gasteiger charge is -2.18. The highest BCUT2D eigenvalue weighted by Crippen LogP contribution is 2.15. The van der Waals surface area contributed by atoms with Crippen LogP contribution in [0.5, 0.6) is 0 Å². The summed E-state index contributed by atoms with van der Waals surface area (Å²) in [6, 6.07) is 12.3. The molecule has 0 saturated heterocycles. The number of carbonyl (C=O) groups is 1. The second-order valence-electron chi connectivity index (χ2n) is 5.05. The highest BCUT2D eigenvalue weighted by molar-refractivity contribution is 5.95. The van der Waals surface area contributed by atoms with E-state index in [1.54, 1.807) is 6.20 Å². The molecule has 98 valence electrons. The summed E-state index contributed by atoms with van der Waals surface area (Å²) in [4.78, 5) is 17.3. The van der Waals surface area contributed by atoms with Crippen LogP contribution in [0.3, 0.4) is 0 Å². The summed E-state index contributed by atoms with van der Waals surface area (Å²) in [5, 5.41) is 0. The Morgan fingerprint density at radius 2 is 1.74 bits per heavy atom. The van der Waals surface area contributed by atoms with Gasteiger partial charge in [-0.25, -0.2) is 0 Å². The zero-order chi connectivity index (χ0) is 13.1. The van der Waals surface area contributed by atoms with E-state index in [2.05, 4.69) is 34.1 Å². The topological polar surface area (TPSA) is 36.1 Å². The summed E-state index contributed by atoms with van der Waals surface area (Å²) in [6.07, 6.45) is 3.87. The van der Waals surface area contributed by atoms with Crippen molar-refractivity contribution in [1.29, 1.82) is 0 Å². The molecule has 19 heavy (non-hydrogen) atoms. The van der Waals surface area contributed by atoms with Gasteiger partial charge in [0.25, 0.3) is 0 Å². The largest absolute Gasteiger partial charge is 0.359 e. The lowest BCUT2D eigenvalue weighted by atomic mass is 10.0. The first-order chi connectivity index (χ1) is 9.33. The van der Waals surface area contributed by atoms with Crippen LogP contribution in [0.15, 0.2) is 42.6 Å². The van der Waals surface area contributed by atoms with E-state index in [4.69, 9.17) is 0 Å². The first-order valence-electron chi connectivity index (χ1n) is 6.78. The van der Waals surface area contributed by atoms with E-state index in [0.717, 1.165) is 25.9 Å². The summed E-state index contributed by atoms with van der Waals surface area (Å²) in [5.74, 6) is 0.177. The molecule has 1 aromatic heterocycles. The fourth-order valence-electron chi connectivity index (χ4n) is 2.66. The Bertz CT molecular complexity index is 533. The highest BCUT2D eigenvalue weighted by Gasteiger charge is 2.17. The van der Waals surface area contributed by atoms with Crippen molar-refractivity contribution in [2.75, 3.05) is 19.6 Å². The van der Waals surface area contributed by atoms with Crippen LogP contribution in [0, 0.1) is 0 Å². The molecule has 0 unspecified atom stereocenters. The fraction of sp³-hybridized carbons (Fsp3) is 0.312. The minimum atomic E-state index is 0.177. The van der Waals surface area contributed by atoms with Gasteiger partial charge in [0.2, 0.25) is 0 Å². The van der Waals surface area contributed by atoms with E-state index in [1.807, 2.05) is 12.1 Å². The van der Waals surface area contributed by atoms with Crippen molar-refractivity contribution in [2.24, 2.45) is 0 Å². The van der Waals surface area contributed by atoms with Gasteiger partial charge < -0.3 is 4.98 Å². The highest BCUT2D eigenvalue weighted by atomic mass is 16.1. The number of aromatic nitrogens is 1. The van der Waals surface area contributed by atoms with Crippen LogP contribution < -0.4 is 0 Å². The van der Waals surface area contributed by atoms with Gasteiger partial charge >= 0.3 is 0 Å². The number of carbonyl (C=O) groups excluding carboxylic acids is 1. The van der Waals surface area contributed by atoms with Gasteiger partial charge in [-0.15, -0.1) is 0 Å². The molecule has 3 heteroatoms. The molecule has 2 aromatic rings. The van der Waals surface area contributed by atoms with Gasteiger partial charge in [-0.3, -0.25) is 9.69 Å². The Labute approximate surface area is 113 Å². The summed E-state index contributed by atoms with van der Waals surface area (Å²) in [5.41, 5.74) is 3.57. The first kappa shape index (κ1) is 12.2. The minimum Gasteiger partial charge on any atom is -0.359 e. The number of fused-ring (bicyclic) bond motifs is 1. The van der Waals surface area contributed by atoms with Crippen molar-refractivity contribution in [3.05, 3.63) is 59.4 Å². The Balaban J connectivity index is 1.64. The van der Waals surface area contributed by atoms with Gasteiger partial charge in [-0.05, 0) is 36.1 Å². The number of rotatable bonds is 3. The van der Waals surface area contributed by atoms with Gasteiger partial charge in [-0.2, -0.15) is 0 Å². The first-order valence-corrected chi connectivity index (χ1v) is 6.78. The predicted molar refractivity (Wildman–Crippen MR) is 75.4 cm³/mol. The molecule has 0 aliphatic carbocycles. The van der Waals surface area contributed by atoms with Crippen molar-refractivity contribution in [1.82, 2.24) is 9.88 Å². The Morgan fingerprint density at radius 3 is 2.32 bits per heavy atom. The third kappa shape index (κ3) is 2.76. The molecule has 3 nitrogen and oxygen atoms in total. The van der Waals surface area contributed by atoms with E-state index < -0.39 is 0 Å². The summed E-state index contributed by atoms with van der Waals surface area (Å²) >= 11 is 0. The van der Waals surface area contributed by atoms with Crippen LogP contribution in [-0.4, -0.2) is 35.3 Å². The maximum atomic E-state index is 12.1. The zero-order valence-electron chi connectivity index (χ0n) is 10.9. The monoisotopic (exact) mass is 254 g/mol. The number of ketones is 1. The van der Waals surface area contributed by atoms with Crippen molar-refractivity contribution < 1.29 is 4.79 Å². The number of hydrogen-bond donors (Lipinski definition) is 1. The maximum absolute atomic E-state index is 12.1. The molecule has 0 fully saturated rings. The Kier molecular flexibility index (Phi) is 3.47. The van der Waals surface area contributed by atoms with Crippen LogP contribution in [-0.2, 0) is 12.8 Å². The quantitative estimate of drug-likeness (QED) is 0.853. The molecule has 1 N–H and O–H groups in total. The number of Topliss-reactive ketones (excluding diaryl/α,β-unsaturated/α-hetero) is 1. The van der Waals surface area contributed by atoms with Crippen LogP contribution in [0.4, 0.5) is 0 Å². The average Bonchev–Trinajstić information content (AvgIpc) is 2.90. The Morgan fingerprint density at radius 1 is 1.05 bits per heavy atom. The second kappa shape index (κ2) is 5.41. The standard InChI is InChI=1S/C16H18N2O/c19-16(15-6-3-9-17-15)12-18-10-7-13-4-1-2-5-14(13)8-11-18/h1-6,9,17H,7-8,10-12H2. The van der Waals surface area contributed by atoms with Gasteiger partial charge in [0.15, 0.2) is 5.78 Å². The van der Waals surface area contributed by atoms with Gasteiger partial charge in [-0.1, -0.05) is 24.3 Å². The van der Waals surface area contributed by atoms with Gasteiger partial charge in [0.1, 0.15) is 0 Å². The van der Waals surface area contributed by atoms with Crippen molar-refractivity contribution >= 4 is 5.78 Å². The number of hydrogen-bond acceptors (Lipinski definition) is 2. The average molecular weight is 254 g/mol. The van der Waals surface area contributed by atoms with E-state index in [1.165, 1.54) is 11.1 Å². The Hall–Kier alpha value is -1.87. The molecular weight excluding hydrogens is 236 g/mol. The summed E-state index contributed by atoms with van der Waals surface area (Å²) in [7, 11) is 0. The van der Waals surface area contributed by atoms with Crippen molar-refractivity contribution in [3.8, 4) is 0 Å². The van der Waals surface area contributed by atoms with Crippen molar-refractivity contribution in [3.63, 3.8) is 0 Å². The SMILES string of the molecule is O=C(CN1CCc2ccccc2CC1)c1ccc[nH]1. The number of benzene rings is 1. The van der Waals surface area contributed by atoms with Crippen LogP contribution in [0.2, 0.25) is 0 Å². The molecule has 2 heterocycles. The molecule has 0 amide bonds. The second-order valence-corrected chi connectivity index (χ2v) is 5.05. The number of nitrogens with one attached hydrogen (secondary N) is 1. The molecule has 0 saturated carbocycles. The lowest BCUT2D eigenvalue weighted by Crippen LogP contribution is -2.32. The third-order valence-electron chi connectivity index (χ3n) is 3.78. The molecule has 3 rings (SSSR count). The van der Waals surface area contributed by atoms with E-state index in [9.17, 15) is 4.79 Å². The van der Waals surface area contributed by atoms with E-state index in [0.29, 0.717) is 12.2 Å². The summed E-state index contributed by atoms with van der Waals surface area (Å²) < 4.78 is 0. The van der Waals surface area contributed by atoms with Gasteiger partial charge in [0, 0.05) is 19.3 Å². The molecule has 0 spiro atoms. The maximum Gasteiger partial charge on any atom is 0.192 e. The lowest BCUT2D eigenvalue weighted by molar-refractivity contribution is 0.0929. The van der Waals surface area contributed by atoms with E-state index in [-0.39, 0.29) is 5.78 Å². The minimum absolute atomic E-state index is 0.177.